The zero-order valence-corrected chi connectivity index (χ0v) is 16.4. The van der Waals surface area contributed by atoms with E-state index in [9.17, 15) is 4.79 Å². The summed E-state index contributed by atoms with van der Waals surface area (Å²) in [6, 6.07) is 23.8. The second-order valence-corrected chi connectivity index (χ2v) is 6.35. The van der Waals surface area contributed by atoms with Crippen LogP contribution in [0.1, 0.15) is 16.1 Å². The summed E-state index contributed by atoms with van der Waals surface area (Å²) >= 11 is 0. The van der Waals surface area contributed by atoms with E-state index in [4.69, 9.17) is 19.8 Å². The van der Waals surface area contributed by atoms with Gasteiger partial charge in [0.1, 0.15) is 0 Å². The van der Waals surface area contributed by atoms with Crippen molar-refractivity contribution in [3.8, 4) is 11.1 Å². The fourth-order valence-electron chi connectivity index (χ4n) is 2.59. The third kappa shape index (κ3) is 6.87. The quantitative estimate of drug-likeness (QED) is 0.630. The van der Waals surface area contributed by atoms with Gasteiger partial charge in [0.15, 0.2) is 0 Å². The highest BCUT2D eigenvalue weighted by atomic mass is 16.4. The van der Waals surface area contributed by atoms with Crippen LogP contribution in [0.4, 0.5) is 0 Å². The second-order valence-electron chi connectivity index (χ2n) is 6.35. The summed E-state index contributed by atoms with van der Waals surface area (Å²) in [6.07, 6.45) is 2.53. The number of rotatable bonds is 5. The fourth-order valence-corrected chi connectivity index (χ4v) is 2.59. The van der Waals surface area contributed by atoms with Crippen molar-refractivity contribution in [1.29, 1.82) is 0 Å². The van der Waals surface area contributed by atoms with Crippen LogP contribution in [0, 0.1) is 0 Å². The van der Waals surface area contributed by atoms with Crippen molar-refractivity contribution < 1.29 is 24.6 Å². The Hall–Kier alpha value is -4.00. The molecule has 3 aromatic rings. The molecule has 0 aliphatic rings. The van der Waals surface area contributed by atoms with Crippen LogP contribution in [-0.2, 0) is 16.0 Å². The van der Waals surface area contributed by atoms with Gasteiger partial charge in [0.2, 0.25) is 0 Å². The van der Waals surface area contributed by atoms with E-state index >= 15 is 0 Å². The van der Waals surface area contributed by atoms with Gasteiger partial charge in [-0.15, -0.1) is 0 Å². The zero-order valence-electron chi connectivity index (χ0n) is 16.4. The van der Waals surface area contributed by atoms with Gasteiger partial charge in [0, 0.05) is 37.5 Å². The molecule has 0 saturated heterocycles. The van der Waals surface area contributed by atoms with Crippen molar-refractivity contribution in [2.75, 3.05) is 13.6 Å². The molecule has 1 amide bonds. The van der Waals surface area contributed by atoms with E-state index in [0.717, 1.165) is 23.2 Å². The third-order valence-electron chi connectivity index (χ3n) is 4.20. The molecular formula is C23H22N2O5. The second kappa shape index (κ2) is 11.1. The Morgan fingerprint density at radius 1 is 0.800 bits per heavy atom. The van der Waals surface area contributed by atoms with Crippen LogP contribution >= 0.6 is 0 Å². The van der Waals surface area contributed by atoms with Crippen LogP contribution < -0.4 is 0 Å². The fraction of sp³-hybridized carbons (Fsp3) is 0.130. The van der Waals surface area contributed by atoms with Gasteiger partial charge in [-0.05, 0) is 35.4 Å². The molecule has 30 heavy (non-hydrogen) atoms. The number of carbonyl (C=O) groups is 3. The first-order chi connectivity index (χ1) is 14.4. The summed E-state index contributed by atoms with van der Waals surface area (Å²) in [5.74, 6) is -3.62. The molecule has 3 rings (SSSR count). The number of aromatic nitrogens is 1. The molecule has 7 nitrogen and oxygen atoms in total. The lowest BCUT2D eigenvalue weighted by Crippen LogP contribution is -2.28. The van der Waals surface area contributed by atoms with Gasteiger partial charge in [0.05, 0.1) is 0 Å². The first-order valence-corrected chi connectivity index (χ1v) is 9.15. The summed E-state index contributed by atoms with van der Waals surface area (Å²) < 4.78 is 0. The lowest BCUT2D eigenvalue weighted by molar-refractivity contribution is -0.159. The number of carbonyl (C=O) groups excluding carboxylic acids is 1. The molecule has 0 bridgehead atoms. The number of aliphatic carboxylic acids is 2. The number of carboxylic acid groups (broad SMARTS) is 2. The van der Waals surface area contributed by atoms with E-state index in [1.165, 1.54) is 0 Å². The monoisotopic (exact) mass is 406 g/mol. The van der Waals surface area contributed by atoms with E-state index in [0.29, 0.717) is 12.1 Å². The summed E-state index contributed by atoms with van der Waals surface area (Å²) in [5, 5.41) is 14.8. The standard InChI is InChI=1S/C21H20N2O.C2H2O4/c1-23(16-14-20-9-5-6-15-22-20)21(24)19-12-10-18(11-13-19)17-7-3-2-4-8-17;3-1(4)2(5)6/h2-13,15H,14,16H2,1H3;(H,3,4)(H,5,6). The topological polar surface area (TPSA) is 108 Å². The van der Waals surface area contributed by atoms with E-state index < -0.39 is 11.9 Å². The Bertz CT molecular complexity index is 961. The molecule has 0 fully saturated rings. The van der Waals surface area contributed by atoms with Crippen molar-refractivity contribution in [2.45, 2.75) is 6.42 Å². The van der Waals surface area contributed by atoms with E-state index in [1.54, 1.807) is 11.1 Å². The van der Waals surface area contributed by atoms with Gasteiger partial charge < -0.3 is 15.1 Å². The molecule has 0 atom stereocenters. The predicted octanol–water partition coefficient (Wildman–Crippen LogP) is 3.22. The average molecular weight is 406 g/mol. The van der Waals surface area contributed by atoms with Gasteiger partial charge in [-0.3, -0.25) is 9.78 Å². The normalized spacial score (nSPS) is 9.77. The van der Waals surface area contributed by atoms with Crippen LogP contribution in [-0.4, -0.2) is 51.5 Å². The summed E-state index contributed by atoms with van der Waals surface area (Å²) in [6.45, 7) is 0.649. The van der Waals surface area contributed by atoms with Gasteiger partial charge in [0.25, 0.3) is 5.91 Å². The molecule has 0 saturated carbocycles. The summed E-state index contributed by atoms with van der Waals surface area (Å²) in [4.78, 5) is 36.8. The minimum Gasteiger partial charge on any atom is -0.473 e. The molecule has 1 heterocycles. The Morgan fingerprint density at radius 2 is 1.37 bits per heavy atom. The molecule has 0 spiro atoms. The minimum absolute atomic E-state index is 0.0329. The Kier molecular flexibility index (Phi) is 8.26. The SMILES string of the molecule is CN(CCc1ccccn1)C(=O)c1ccc(-c2ccccc2)cc1.O=C(O)C(=O)O. The number of pyridine rings is 1. The van der Waals surface area contributed by atoms with Gasteiger partial charge in [-0.1, -0.05) is 48.5 Å². The van der Waals surface area contributed by atoms with Crippen LogP contribution in [0.2, 0.25) is 0 Å². The van der Waals surface area contributed by atoms with Crippen LogP contribution in [0.25, 0.3) is 11.1 Å². The van der Waals surface area contributed by atoms with Crippen LogP contribution in [0.5, 0.6) is 0 Å². The maximum absolute atomic E-state index is 12.5. The Morgan fingerprint density at radius 3 is 1.90 bits per heavy atom. The molecule has 154 valence electrons. The molecule has 0 aliphatic carbocycles. The van der Waals surface area contributed by atoms with Crippen molar-refractivity contribution in [3.05, 3.63) is 90.3 Å². The first-order valence-electron chi connectivity index (χ1n) is 9.15. The van der Waals surface area contributed by atoms with Crippen molar-refractivity contribution in [1.82, 2.24) is 9.88 Å². The first kappa shape index (κ1) is 22.3. The molecule has 1 aromatic heterocycles. The lowest BCUT2D eigenvalue weighted by atomic mass is 10.0. The molecule has 2 aromatic carbocycles. The highest BCUT2D eigenvalue weighted by molar-refractivity contribution is 6.27. The molecule has 0 unspecified atom stereocenters. The summed E-state index contributed by atoms with van der Waals surface area (Å²) in [7, 11) is 1.83. The molecule has 0 radical (unpaired) electrons. The Balaban J connectivity index is 0.000000469. The Labute approximate surface area is 174 Å². The molecule has 7 heteroatoms. The lowest BCUT2D eigenvalue weighted by Gasteiger charge is -2.17. The predicted molar refractivity (Wildman–Crippen MR) is 112 cm³/mol. The highest BCUT2D eigenvalue weighted by Crippen LogP contribution is 2.19. The number of hydrogen-bond acceptors (Lipinski definition) is 4. The third-order valence-corrected chi connectivity index (χ3v) is 4.20. The minimum atomic E-state index is -1.82. The van der Waals surface area contributed by atoms with Gasteiger partial charge in [-0.25, -0.2) is 9.59 Å². The molecule has 2 N–H and O–H groups in total. The number of carboxylic acids is 2. The average Bonchev–Trinajstić information content (AvgIpc) is 2.78. The van der Waals surface area contributed by atoms with E-state index in [1.807, 2.05) is 67.7 Å². The van der Waals surface area contributed by atoms with Crippen LogP contribution in [0.15, 0.2) is 79.0 Å². The number of hydrogen-bond donors (Lipinski definition) is 2. The number of likely N-dealkylation sites (N-methyl/N-ethyl adjacent to an activating group) is 1. The number of nitrogens with zero attached hydrogens (tertiary/aromatic N) is 2. The van der Waals surface area contributed by atoms with Crippen LogP contribution in [0.3, 0.4) is 0 Å². The maximum atomic E-state index is 12.5. The van der Waals surface area contributed by atoms with Gasteiger partial charge in [-0.2, -0.15) is 0 Å². The maximum Gasteiger partial charge on any atom is 0.414 e. The molecule has 0 aliphatic heterocycles. The van der Waals surface area contributed by atoms with E-state index in [2.05, 4.69) is 17.1 Å². The summed E-state index contributed by atoms with van der Waals surface area (Å²) in [5.41, 5.74) is 3.97. The number of benzene rings is 2. The van der Waals surface area contributed by atoms with Gasteiger partial charge >= 0.3 is 11.9 Å². The smallest absolute Gasteiger partial charge is 0.414 e. The highest BCUT2D eigenvalue weighted by Gasteiger charge is 2.12. The van der Waals surface area contributed by atoms with Crippen molar-refractivity contribution in [2.24, 2.45) is 0 Å². The largest absolute Gasteiger partial charge is 0.473 e. The number of amides is 1. The van der Waals surface area contributed by atoms with E-state index in [-0.39, 0.29) is 5.91 Å². The van der Waals surface area contributed by atoms with Crippen molar-refractivity contribution in [3.63, 3.8) is 0 Å². The molecular weight excluding hydrogens is 384 g/mol. The zero-order chi connectivity index (χ0) is 21.9. The van der Waals surface area contributed by atoms with Crippen molar-refractivity contribution >= 4 is 17.8 Å².